The van der Waals surface area contributed by atoms with Gasteiger partial charge >= 0.3 is 5.97 Å². The fourth-order valence-corrected chi connectivity index (χ4v) is 1.04. The lowest BCUT2D eigenvalue weighted by molar-refractivity contribution is -0.131. The van der Waals surface area contributed by atoms with Crippen LogP contribution >= 0.6 is 0 Å². The Hall–Kier alpha value is -2.11. The number of oxazole rings is 1. The third-order valence-corrected chi connectivity index (χ3v) is 1.75. The molecule has 1 heterocycles. The van der Waals surface area contributed by atoms with Crippen molar-refractivity contribution in [3.63, 3.8) is 0 Å². The van der Waals surface area contributed by atoms with E-state index in [-0.39, 0.29) is 0 Å². The molecule has 6 heteroatoms. The van der Waals surface area contributed by atoms with Gasteiger partial charge in [-0.2, -0.15) is 0 Å². The fraction of sp³-hybridized carbons (Fsp3) is 0.300. The molecule has 1 unspecified atom stereocenters. The third kappa shape index (κ3) is 3.56. The van der Waals surface area contributed by atoms with Crippen LogP contribution in [0.25, 0.3) is 0 Å². The van der Waals surface area contributed by atoms with Gasteiger partial charge < -0.3 is 14.8 Å². The summed E-state index contributed by atoms with van der Waals surface area (Å²) in [6, 6.07) is -0.403. The number of carbonyl (C=O) groups excluding carboxylic acids is 1. The molecular formula is C10H12N2O4. The fourth-order valence-electron chi connectivity index (χ4n) is 1.04. The number of nitrogens with zero attached hydrogens (tertiary/aromatic N) is 1. The monoisotopic (exact) mass is 224 g/mol. The van der Waals surface area contributed by atoms with Gasteiger partial charge in [0.15, 0.2) is 0 Å². The van der Waals surface area contributed by atoms with Crippen LogP contribution in [0.4, 0.5) is 0 Å². The first-order valence-electron chi connectivity index (χ1n) is 4.63. The van der Waals surface area contributed by atoms with E-state index < -0.39 is 17.9 Å². The van der Waals surface area contributed by atoms with Crippen LogP contribution in [0.2, 0.25) is 0 Å². The Labute approximate surface area is 92.0 Å². The molecule has 1 amide bonds. The zero-order valence-electron chi connectivity index (χ0n) is 8.93. The van der Waals surface area contributed by atoms with Gasteiger partial charge in [-0.15, -0.1) is 0 Å². The summed E-state index contributed by atoms with van der Waals surface area (Å²) >= 11 is 0. The number of carboxylic acids is 1. The highest BCUT2D eigenvalue weighted by Crippen LogP contribution is 2.11. The van der Waals surface area contributed by atoms with Crippen molar-refractivity contribution in [2.24, 2.45) is 0 Å². The molecule has 0 aliphatic heterocycles. The first-order chi connectivity index (χ1) is 7.49. The normalized spacial score (nSPS) is 12.6. The quantitative estimate of drug-likeness (QED) is 0.738. The minimum absolute atomic E-state index is 0.384. The van der Waals surface area contributed by atoms with Gasteiger partial charge in [-0.3, -0.25) is 4.79 Å². The Morgan fingerprint density at radius 2 is 2.25 bits per heavy atom. The molecule has 2 N–H and O–H groups in total. The van der Waals surface area contributed by atoms with E-state index in [1.54, 1.807) is 20.0 Å². The number of hydrogen-bond acceptors (Lipinski definition) is 4. The molecule has 1 rings (SSSR count). The van der Waals surface area contributed by atoms with Crippen LogP contribution in [0.15, 0.2) is 22.8 Å². The Kier molecular flexibility index (Phi) is 3.82. The summed E-state index contributed by atoms with van der Waals surface area (Å²) in [6.45, 7) is 3.44. The number of amides is 1. The smallest absolute Gasteiger partial charge is 0.328 e. The minimum atomic E-state index is -1.17. The topological polar surface area (TPSA) is 92.4 Å². The summed E-state index contributed by atoms with van der Waals surface area (Å²) in [4.78, 5) is 25.3. The van der Waals surface area contributed by atoms with Crippen LogP contribution in [0.3, 0.4) is 0 Å². The van der Waals surface area contributed by atoms with Crippen LogP contribution in [-0.2, 0) is 9.59 Å². The minimum Gasteiger partial charge on any atom is -0.478 e. The molecule has 0 saturated carbocycles. The number of carbonyl (C=O) groups is 2. The van der Waals surface area contributed by atoms with Gasteiger partial charge in [0.25, 0.3) is 0 Å². The number of aliphatic carboxylic acids is 1. The van der Waals surface area contributed by atoms with Crippen molar-refractivity contribution in [3.8, 4) is 0 Å². The van der Waals surface area contributed by atoms with E-state index in [9.17, 15) is 9.59 Å². The van der Waals surface area contributed by atoms with E-state index in [1.807, 2.05) is 0 Å². The number of rotatable bonds is 4. The summed E-state index contributed by atoms with van der Waals surface area (Å²) in [7, 11) is 0. The van der Waals surface area contributed by atoms with Crippen LogP contribution in [0.5, 0.6) is 0 Å². The molecule has 1 atom stereocenters. The molecule has 0 saturated heterocycles. The maximum absolute atomic E-state index is 11.2. The van der Waals surface area contributed by atoms with E-state index in [4.69, 9.17) is 9.52 Å². The molecule has 6 nitrogen and oxygen atoms in total. The largest absolute Gasteiger partial charge is 0.478 e. The molecule has 0 aromatic carbocycles. The molecular weight excluding hydrogens is 212 g/mol. The highest BCUT2D eigenvalue weighted by atomic mass is 16.4. The zero-order chi connectivity index (χ0) is 12.1. The second-order valence-corrected chi connectivity index (χ2v) is 3.21. The maximum Gasteiger partial charge on any atom is 0.328 e. The number of hydrogen-bond donors (Lipinski definition) is 2. The molecule has 0 bridgehead atoms. The van der Waals surface area contributed by atoms with Gasteiger partial charge in [-0.25, -0.2) is 9.78 Å². The van der Waals surface area contributed by atoms with Crippen molar-refractivity contribution in [3.05, 3.63) is 30.0 Å². The number of carboxylic acid groups (broad SMARTS) is 1. The highest BCUT2D eigenvalue weighted by Gasteiger charge is 2.12. The predicted molar refractivity (Wildman–Crippen MR) is 54.6 cm³/mol. The lowest BCUT2D eigenvalue weighted by Gasteiger charge is -2.07. The molecule has 0 aliphatic carbocycles. The van der Waals surface area contributed by atoms with Gasteiger partial charge in [-0.1, -0.05) is 0 Å². The van der Waals surface area contributed by atoms with Crippen molar-refractivity contribution < 1.29 is 19.1 Å². The van der Waals surface area contributed by atoms with Gasteiger partial charge in [0.2, 0.25) is 11.8 Å². The maximum atomic E-state index is 11.2. The van der Waals surface area contributed by atoms with Crippen molar-refractivity contribution in [2.45, 2.75) is 19.9 Å². The average molecular weight is 224 g/mol. The number of aryl methyl sites for hydroxylation is 1. The van der Waals surface area contributed by atoms with Crippen molar-refractivity contribution >= 4 is 11.9 Å². The first kappa shape index (κ1) is 12.0. The molecule has 1 aromatic heterocycles. The average Bonchev–Trinajstić information content (AvgIpc) is 2.62. The highest BCUT2D eigenvalue weighted by molar-refractivity contribution is 5.93. The van der Waals surface area contributed by atoms with Crippen LogP contribution in [-0.4, -0.2) is 22.0 Å². The molecule has 1 aromatic rings. The summed E-state index contributed by atoms with van der Waals surface area (Å²) in [5.41, 5.74) is 0. The second kappa shape index (κ2) is 5.11. The first-order valence-corrected chi connectivity index (χ1v) is 4.63. The lowest BCUT2D eigenvalue weighted by Crippen LogP contribution is -2.25. The Morgan fingerprint density at radius 3 is 2.75 bits per heavy atom. The molecule has 0 radical (unpaired) electrons. The van der Waals surface area contributed by atoms with Crippen LogP contribution in [0.1, 0.15) is 24.6 Å². The molecule has 0 aliphatic rings. The Morgan fingerprint density at radius 1 is 1.56 bits per heavy atom. The molecule has 16 heavy (non-hydrogen) atoms. The molecule has 86 valence electrons. The molecule has 0 spiro atoms. The van der Waals surface area contributed by atoms with Gasteiger partial charge in [0, 0.05) is 12.2 Å². The standard InChI is InChI=1S/C10H12N2O4/c1-6-5-11-10(16-6)7(2)12-8(13)3-4-9(14)15/h3-5,7H,1-2H3,(H,12,13)(H,14,15)/b4-3+. The van der Waals surface area contributed by atoms with Gasteiger partial charge in [0.1, 0.15) is 11.8 Å². The van der Waals surface area contributed by atoms with Gasteiger partial charge in [-0.05, 0) is 13.8 Å². The molecule has 0 fully saturated rings. The third-order valence-electron chi connectivity index (χ3n) is 1.75. The second-order valence-electron chi connectivity index (χ2n) is 3.21. The summed E-state index contributed by atoms with van der Waals surface area (Å²) in [6.07, 6.45) is 3.25. The van der Waals surface area contributed by atoms with E-state index >= 15 is 0 Å². The Bertz CT molecular complexity index is 422. The number of nitrogens with one attached hydrogen (secondary N) is 1. The van der Waals surface area contributed by atoms with Gasteiger partial charge in [0.05, 0.1) is 6.20 Å². The van der Waals surface area contributed by atoms with Crippen molar-refractivity contribution in [1.29, 1.82) is 0 Å². The van der Waals surface area contributed by atoms with Crippen molar-refractivity contribution in [2.75, 3.05) is 0 Å². The summed E-state index contributed by atoms with van der Waals surface area (Å²) < 4.78 is 5.21. The van der Waals surface area contributed by atoms with E-state index in [2.05, 4.69) is 10.3 Å². The van der Waals surface area contributed by atoms with E-state index in [0.717, 1.165) is 12.2 Å². The van der Waals surface area contributed by atoms with Crippen molar-refractivity contribution in [1.82, 2.24) is 10.3 Å². The lowest BCUT2D eigenvalue weighted by atomic mass is 10.3. The SMILES string of the molecule is Cc1cnc(C(C)NC(=O)/C=C/C(=O)O)o1. The zero-order valence-corrected chi connectivity index (χ0v) is 8.93. The van der Waals surface area contributed by atoms with E-state index in [1.165, 1.54) is 0 Å². The predicted octanol–water partition coefficient (Wildman–Crippen LogP) is 0.801. The number of aromatic nitrogens is 1. The summed E-state index contributed by atoms with van der Waals surface area (Å²) in [5.74, 6) is -0.646. The summed E-state index contributed by atoms with van der Waals surface area (Å²) in [5, 5.41) is 10.8. The Balaban J connectivity index is 2.55. The van der Waals surface area contributed by atoms with Crippen LogP contribution < -0.4 is 5.32 Å². The van der Waals surface area contributed by atoms with Crippen LogP contribution in [0, 0.1) is 6.92 Å². The van der Waals surface area contributed by atoms with E-state index in [0.29, 0.717) is 11.7 Å².